The topological polar surface area (TPSA) is 78.8 Å². The molecule has 0 radical (unpaired) electrons. The number of fused-ring (bicyclic) bond motifs is 1. The Kier molecular flexibility index (Phi) is 5.31. The van der Waals surface area contributed by atoms with E-state index < -0.39 is 0 Å². The highest BCUT2D eigenvalue weighted by molar-refractivity contribution is 5.94. The quantitative estimate of drug-likeness (QED) is 0.613. The van der Waals surface area contributed by atoms with Crippen molar-refractivity contribution in [2.45, 2.75) is 45.8 Å². The molecule has 0 spiro atoms. The molecule has 2 N–H and O–H groups in total. The maximum Gasteiger partial charge on any atom is 0.272 e. The van der Waals surface area contributed by atoms with Gasteiger partial charge in [-0.15, -0.1) is 0 Å². The summed E-state index contributed by atoms with van der Waals surface area (Å²) in [4.78, 5) is 15.0. The zero-order valence-electron chi connectivity index (χ0n) is 17.7. The van der Waals surface area contributed by atoms with E-state index in [1.807, 2.05) is 13.1 Å². The molecule has 0 saturated heterocycles. The van der Waals surface area contributed by atoms with E-state index in [2.05, 4.69) is 25.1 Å². The van der Waals surface area contributed by atoms with Crippen LogP contribution in [0.5, 0.6) is 0 Å². The highest BCUT2D eigenvalue weighted by Gasteiger charge is 2.31. The van der Waals surface area contributed by atoms with Crippen LogP contribution in [0.4, 0.5) is 4.39 Å². The predicted molar refractivity (Wildman–Crippen MR) is 115 cm³/mol. The number of carbonyl (C=O) groups excluding carboxylic acids is 1. The van der Waals surface area contributed by atoms with Gasteiger partial charge >= 0.3 is 0 Å². The lowest BCUT2D eigenvalue weighted by molar-refractivity contribution is 0.0947. The van der Waals surface area contributed by atoms with Crippen molar-refractivity contribution in [2.24, 2.45) is 5.92 Å². The van der Waals surface area contributed by atoms with Crippen molar-refractivity contribution < 1.29 is 9.18 Å². The molecule has 0 unspecified atom stereocenters. The van der Waals surface area contributed by atoms with Crippen molar-refractivity contribution in [1.29, 1.82) is 0 Å². The smallest absolute Gasteiger partial charge is 0.272 e. The van der Waals surface area contributed by atoms with Crippen LogP contribution < -0.4 is 5.32 Å². The summed E-state index contributed by atoms with van der Waals surface area (Å²) in [6.07, 6.45) is 5.21. The van der Waals surface area contributed by atoms with Gasteiger partial charge in [-0.05, 0) is 49.9 Å². The Morgan fingerprint density at radius 2 is 2.10 bits per heavy atom. The van der Waals surface area contributed by atoms with Crippen LogP contribution in [0.1, 0.15) is 47.1 Å². The zero-order valence-corrected chi connectivity index (χ0v) is 17.7. The van der Waals surface area contributed by atoms with E-state index >= 15 is 0 Å². The van der Waals surface area contributed by atoms with Gasteiger partial charge in [-0.2, -0.15) is 10.2 Å². The number of hydrogen-bond acceptors (Lipinski definition) is 4. The van der Waals surface area contributed by atoms with Gasteiger partial charge in [0.25, 0.3) is 5.91 Å². The van der Waals surface area contributed by atoms with Gasteiger partial charge in [-0.25, -0.2) is 4.39 Å². The van der Waals surface area contributed by atoms with Crippen LogP contribution in [-0.2, 0) is 26.1 Å². The van der Waals surface area contributed by atoms with Gasteiger partial charge in [-0.1, -0.05) is 0 Å². The van der Waals surface area contributed by atoms with Crippen molar-refractivity contribution in [1.82, 2.24) is 30.2 Å². The number of aromatic nitrogens is 4. The molecular weight excluding hydrogens is 395 g/mol. The number of benzene rings is 1. The number of carbonyl (C=O) groups is 1. The van der Waals surface area contributed by atoms with E-state index in [1.165, 1.54) is 30.7 Å². The first-order chi connectivity index (χ1) is 15.1. The molecule has 1 aliphatic carbocycles. The molecule has 8 heteroatoms. The second kappa shape index (κ2) is 8.26. The fourth-order valence-electron chi connectivity index (χ4n) is 4.34. The Hall–Kier alpha value is -3.00. The first-order valence-electron chi connectivity index (χ1n) is 11.0. The lowest BCUT2D eigenvalue weighted by Gasteiger charge is -2.27. The minimum Gasteiger partial charge on any atom is -0.351 e. The van der Waals surface area contributed by atoms with Gasteiger partial charge < -0.3 is 5.32 Å². The third kappa shape index (κ3) is 4.12. The molecule has 1 amide bonds. The molecule has 31 heavy (non-hydrogen) atoms. The molecule has 5 rings (SSSR count). The summed E-state index contributed by atoms with van der Waals surface area (Å²) < 4.78 is 15.4. The number of halogens is 1. The average molecular weight is 423 g/mol. The zero-order chi connectivity index (χ0) is 21.4. The summed E-state index contributed by atoms with van der Waals surface area (Å²) in [5.74, 6) is 0.355. The molecule has 1 saturated carbocycles. The fourth-order valence-corrected chi connectivity index (χ4v) is 4.34. The molecule has 1 fully saturated rings. The molecular formula is C23H27FN6O. The Morgan fingerprint density at radius 1 is 1.29 bits per heavy atom. The molecule has 1 aliphatic heterocycles. The summed E-state index contributed by atoms with van der Waals surface area (Å²) in [5, 5.41) is 14.9. The van der Waals surface area contributed by atoms with Crippen molar-refractivity contribution in [2.75, 3.05) is 13.1 Å². The number of rotatable bonds is 7. The highest BCUT2D eigenvalue weighted by Crippen LogP contribution is 2.33. The van der Waals surface area contributed by atoms with Crippen molar-refractivity contribution >= 4 is 5.91 Å². The Morgan fingerprint density at radius 3 is 2.84 bits per heavy atom. The molecule has 0 atom stereocenters. The van der Waals surface area contributed by atoms with Crippen LogP contribution in [0, 0.1) is 11.7 Å². The lowest BCUT2D eigenvalue weighted by Crippen LogP contribution is -2.32. The first-order valence-corrected chi connectivity index (χ1v) is 11.0. The molecule has 2 aliphatic rings. The van der Waals surface area contributed by atoms with Crippen LogP contribution >= 0.6 is 0 Å². The summed E-state index contributed by atoms with van der Waals surface area (Å²) in [6.45, 7) is 5.70. The van der Waals surface area contributed by atoms with Gasteiger partial charge in [0.05, 0.1) is 11.9 Å². The van der Waals surface area contributed by atoms with Crippen molar-refractivity contribution in [3.63, 3.8) is 0 Å². The summed E-state index contributed by atoms with van der Waals surface area (Å²) in [7, 11) is 0. The maximum atomic E-state index is 13.3. The second-order valence-corrected chi connectivity index (χ2v) is 8.50. The van der Waals surface area contributed by atoms with Gasteiger partial charge in [0.15, 0.2) is 5.69 Å². The van der Waals surface area contributed by atoms with E-state index in [0.29, 0.717) is 31.2 Å². The van der Waals surface area contributed by atoms with E-state index in [0.717, 1.165) is 41.9 Å². The normalized spacial score (nSPS) is 16.3. The number of H-pyrrole nitrogens is 1. The van der Waals surface area contributed by atoms with Gasteiger partial charge in [0.2, 0.25) is 0 Å². The van der Waals surface area contributed by atoms with Crippen LogP contribution in [0.15, 0.2) is 30.5 Å². The van der Waals surface area contributed by atoms with Gasteiger partial charge in [0.1, 0.15) is 5.82 Å². The van der Waals surface area contributed by atoms with Crippen LogP contribution in [-0.4, -0.2) is 43.9 Å². The van der Waals surface area contributed by atoms with Crippen LogP contribution in [0.2, 0.25) is 0 Å². The Bertz CT molecular complexity index is 1080. The number of amides is 1. The summed E-state index contributed by atoms with van der Waals surface area (Å²) in [5.41, 5.74) is 5.68. The fraction of sp³-hybridized carbons (Fsp3) is 0.435. The molecule has 2 aromatic heterocycles. The average Bonchev–Trinajstić information content (AvgIpc) is 3.35. The molecule has 7 nitrogen and oxygen atoms in total. The number of hydrogen-bond donors (Lipinski definition) is 2. The summed E-state index contributed by atoms with van der Waals surface area (Å²) in [6, 6.07) is 6.44. The van der Waals surface area contributed by atoms with Crippen LogP contribution in [0.25, 0.3) is 11.3 Å². The first kappa shape index (κ1) is 19.9. The molecule has 1 aromatic carbocycles. The van der Waals surface area contributed by atoms with Crippen molar-refractivity contribution in [3.8, 4) is 11.3 Å². The van der Waals surface area contributed by atoms with E-state index in [1.54, 1.807) is 12.1 Å². The summed E-state index contributed by atoms with van der Waals surface area (Å²) >= 11 is 0. The third-order valence-corrected chi connectivity index (χ3v) is 6.14. The Labute approximate surface area is 180 Å². The number of nitrogens with zero attached hydrogens (tertiary/aromatic N) is 4. The molecule has 162 valence electrons. The van der Waals surface area contributed by atoms with E-state index in [9.17, 15) is 9.18 Å². The predicted octanol–water partition coefficient (Wildman–Crippen LogP) is 3.13. The van der Waals surface area contributed by atoms with Crippen molar-refractivity contribution in [3.05, 3.63) is 58.8 Å². The number of aromatic amines is 1. The molecule has 0 bridgehead atoms. The lowest BCUT2D eigenvalue weighted by atomic mass is 10.0. The molecule has 3 aromatic rings. The maximum absolute atomic E-state index is 13.3. The van der Waals surface area contributed by atoms with Crippen LogP contribution in [0.3, 0.4) is 0 Å². The monoisotopic (exact) mass is 422 g/mol. The standard InChI is InChI=1S/C23H27FN6O/c1-2-25-23(31)22-19-14-29(10-9-20(19)30(28-22)12-15-3-4-15)13-17-11-26-27-21(17)16-5-7-18(24)8-6-16/h5-8,11,15H,2-4,9-10,12-14H2,1H3,(H,25,31)(H,26,27). The third-order valence-electron chi connectivity index (χ3n) is 6.14. The molecule has 3 heterocycles. The van der Waals surface area contributed by atoms with E-state index in [4.69, 9.17) is 5.10 Å². The minimum atomic E-state index is -0.255. The SMILES string of the molecule is CCNC(=O)c1nn(CC2CC2)c2c1CN(Cc1cn[nH]c1-c1ccc(F)cc1)CC2. The van der Waals surface area contributed by atoms with E-state index in [-0.39, 0.29) is 11.7 Å². The number of nitrogens with one attached hydrogen (secondary N) is 2. The minimum absolute atomic E-state index is 0.0922. The highest BCUT2D eigenvalue weighted by atomic mass is 19.1. The van der Waals surface area contributed by atoms with Gasteiger partial charge in [0, 0.05) is 61.5 Å². The second-order valence-electron chi connectivity index (χ2n) is 8.50. The van der Waals surface area contributed by atoms with Gasteiger partial charge in [-0.3, -0.25) is 19.5 Å². The Balaban J connectivity index is 1.38. The largest absolute Gasteiger partial charge is 0.351 e.